The topological polar surface area (TPSA) is 63.4 Å². The van der Waals surface area contributed by atoms with Crippen LogP contribution in [0.4, 0.5) is 0 Å². The molecule has 1 aromatic heterocycles. The summed E-state index contributed by atoms with van der Waals surface area (Å²) >= 11 is 0. The molecule has 138 valence electrons. The second-order valence-electron chi connectivity index (χ2n) is 7.35. The van der Waals surface area contributed by atoms with Gasteiger partial charge in [0.2, 0.25) is 5.91 Å². The lowest BCUT2D eigenvalue weighted by molar-refractivity contribution is -0.121. The summed E-state index contributed by atoms with van der Waals surface area (Å²) in [5.74, 6) is 0.0814. The summed E-state index contributed by atoms with van der Waals surface area (Å²) < 4.78 is 11.7. The number of rotatable bonds is 12. The molecule has 0 atom stereocenters. The third-order valence-corrected chi connectivity index (χ3v) is 4.06. The fraction of sp³-hybridized carbons (Fsp3) is 0.737. The van der Waals surface area contributed by atoms with Crippen LogP contribution >= 0.6 is 0 Å². The molecule has 0 aromatic carbocycles. The molecule has 0 fully saturated rings. The number of ether oxygens (including phenoxy) is 2. The minimum Gasteiger partial charge on any atom is -0.376 e. The van der Waals surface area contributed by atoms with E-state index in [1.165, 1.54) is 0 Å². The normalized spacial score (nSPS) is 12.4. The van der Waals surface area contributed by atoms with E-state index in [1.54, 1.807) is 0 Å². The van der Waals surface area contributed by atoms with Gasteiger partial charge in [0.25, 0.3) is 0 Å². The number of hydrogen-bond donors (Lipinski definition) is 2. The van der Waals surface area contributed by atoms with Gasteiger partial charge in [0, 0.05) is 31.5 Å². The first-order valence-corrected chi connectivity index (χ1v) is 8.91. The fourth-order valence-corrected chi connectivity index (χ4v) is 2.47. The SMILES string of the molecule is CCOC(C)(C)CCOC(C)(C)CCNC(=O)CCc1ccc[nH]1. The predicted molar refractivity (Wildman–Crippen MR) is 97.1 cm³/mol. The second-order valence-corrected chi connectivity index (χ2v) is 7.35. The van der Waals surface area contributed by atoms with Gasteiger partial charge >= 0.3 is 0 Å². The molecule has 0 spiro atoms. The van der Waals surface area contributed by atoms with E-state index in [1.807, 2.05) is 25.3 Å². The van der Waals surface area contributed by atoms with Gasteiger partial charge in [0.05, 0.1) is 17.8 Å². The van der Waals surface area contributed by atoms with E-state index in [0.29, 0.717) is 26.2 Å². The molecule has 2 N–H and O–H groups in total. The van der Waals surface area contributed by atoms with E-state index in [2.05, 4.69) is 38.0 Å². The summed E-state index contributed by atoms with van der Waals surface area (Å²) in [5.41, 5.74) is 0.678. The molecule has 24 heavy (non-hydrogen) atoms. The number of H-pyrrole nitrogens is 1. The third kappa shape index (κ3) is 9.08. The molecule has 0 unspecified atom stereocenters. The Hall–Kier alpha value is -1.33. The molecule has 0 bridgehead atoms. The summed E-state index contributed by atoms with van der Waals surface area (Å²) in [6.45, 7) is 12.3. The molecular weight excluding hydrogens is 304 g/mol. The van der Waals surface area contributed by atoms with E-state index < -0.39 is 0 Å². The van der Waals surface area contributed by atoms with Gasteiger partial charge in [-0.15, -0.1) is 0 Å². The van der Waals surface area contributed by atoms with Crippen LogP contribution in [-0.2, 0) is 20.7 Å². The molecule has 1 aromatic rings. The van der Waals surface area contributed by atoms with Crippen molar-refractivity contribution in [1.29, 1.82) is 0 Å². The summed E-state index contributed by atoms with van der Waals surface area (Å²) in [6.07, 6.45) is 4.76. The number of carbonyl (C=O) groups excluding carboxylic acids is 1. The highest BCUT2D eigenvalue weighted by Gasteiger charge is 2.22. The third-order valence-electron chi connectivity index (χ3n) is 4.06. The molecule has 1 amide bonds. The van der Waals surface area contributed by atoms with Crippen LogP contribution in [0.2, 0.25) is 0 Å². The Labute approximate surface area is 146 Å². The number of aromatic amines is 1. The summed E-state index contributed by atoms with van der Waals surface area (Å²) in [6, 6.07) is 3.94. The molecule has 0 aliphatic rings. The first-order valence-electron chi connectivity index (χ1n) is 8.91. The Morgan fingerprint density at radius 1 is 1.17 bits per heavy atom. The quantitative estimate of drug-likeness (QED) is 0.613. The van der Waals surface area contributed by atoms with Gasteiger partial charge in [-0.3, -0.25) is 4.79 Å². The highest BCUT2D eigenvalue weighted by molar-refractivity contribution is 5.76. The van der Waals surface area contributed by atoms with Crippen molar-refractivity contribution in [3.05, 3.63) is 24.0 Å². The lowest BCUT2D eigenvalue weighted by Gasteiger charge is -2.29. The van der Waals surface area contributed by atoms with Crippen molar-refractivity contribution >= 4 is 5.91 Å². The minimum atomic E-state index is -0.255. The summed E-state index contributed by atoms with van der Waals surface area (Å²) in [7, 11) is 0. The molecule has 0 saturated carbocycles. The lowest BCUT2D eigenvalue weighted by atomic mass is 10.0. The predicted octanol–water partition coefficient (Wildman–Crippen LogP) is 3.45. The zero-order valence-corrected chi connectivity index (χ0v) is 15.9. The highest BCUT2D eigenvalue weighted by atomic mass is 16.5. The van der Waals surface area contributed by atoms with Gasteiger partial charge in [-0.1, -0.05) is 0 Å². The van der Waals surface area contributed by atoms with Crippen LogP contribution < -0.4 is 5.32 Å². The number of aromatic nitrogens is 1. The molecule has 1 heterocycles. The summed E-state index contributed by atoms with van der Waals surface area (Å²) in [4.78, 5) is 15.0. The molecule has 0 aliphatic carbocycles. The molecule has 0 saturated heterocycles. The number of nitrogens with one attached hydrogen (secondary N) is 2. The minimum absolute atomic E-state index is 0.0814. The Balaban J connectivity index is 2.16. The van der Waals surface area contributed by atoms with Crippen molar-refractivity contribution < 1.29 is 14.3 Å². The van der Waals surface area contributed by atoms with Gasteiger partial charge < -0.3 is 19.8 Å². The maximum Gasteiger partial charge on any atom is 0.220 e. The Morgan fingerprint density at radius 3 is 2.50 bits per heavy atom. The van der Waals surface area contributed by atoms with Crippen LogP contribution in [0.5, 0.6) is 0 Å². The Kier molecular flexibility index (Phi) is 8.50. The maximum absolute atomic E-state index is 11.9. The van der Waals surface area contributed by atoms with E-state index >= 15 is 0 Å². The standard InChI is InChI=1S/C19H34N2O3/c1-6-23-19(4,5)12-15-24-18(2,3)11-14-21-17(22)10-9-16-8-7-13-20-16/h7-8,13,20H,6,9-12,14-15H2,1-5H3,(H,21,22). The van der Waals surface area contributed by atoms with E-state index in [4.69, 9.17) is 9.47 Å². The number of hydrogen-bond acceptors (Lipinski definition) is 3. The molecule has 0 radical (unpaired) electrons. The zero-order valence-electron chi connectivity index (χ0n) is 15.9. The first kappa shape index (κ1) is 20.7. The van der Waals surface area contributed by atoms with Crippen LogP contribution in [-0.4, -0.2) is 41.9 Å². The van der Waals surface area contributed by atoms with Crippen LogP contribution in [0.25, 0.3) is 0 Å². The van der Waals surface area contributed by atoms with Gasteiger partial charge in [-0.05, 0) is 66.0 Å². The van der Waals surface area contributed by atoms with Crippen molar-refractivity contribution in [3.8, 4) is 0 Å². The van der Waals surface area contributed by atoms with E-state index in [9.17, 15) is 4.79 Å². The molecular formula is C19H34N2O3. The average molecular weight is 338 g/mol. The van der Waals surface area contributed by atoms with Crippen molar-refractivity contribution in [2.75, 3.05) is 19.8 Å². The second kappa shape index (κ2) is 9.84. The van der Waals surface area contributed by atoms with Gasteiger partial charge in [-0.25, -0.2) is 0 Å². The Bertz CT molecular complexity index is 467. The van der Waals surface area contributed by atoms with Crippen LogP contribution in [0.1, 0.15) is 59.6 Å². The van der Waals surface area contributed by atoms with Gasteiger partial charge in [0.15, 0.2) is 0 Å². The zero-order chi connectivity index (χ0) is 18.1. The molecule has 5 nitrogen and oxygen atoms in total. The van der Waals surface area contributed by atoms with Gasteiger partial charge in [0.1, 0.15) is 0 Å². The molecule has 5 heteroatoms. The monoisotopic (exact) mass is 338 g/mol. The smallest absolute Gasteiger partial charge is 0.220 e. The van der Waals surface area contributed by atoms with Crippen molar-refractivity contribution in [3.63, 3.8) is 0 Å². The number of amides is 1. The van der Waals surface area contributed by atoms with Crippen molar-refractivity contribution in [1.82, 2.24) is 10.3 Å². The number of carbonyl (C=O) groups is 1. The Morgan fingerprint density at radius 2 is 1.88 bits per heavy atom. The van der Waals surface area contributed by atoms with Crippen molar-refractivity contribution in [2.24, 2.45) is 0 Å². The first-order chi connectivity index (χ1) is 11.2. The van der Waals surface area contributed by atoms with Crippen LogP contribution in [0.3, 0.4) is 0 Å². The van der Waals surface area contributed by atoms with E-state index in [0.717, 1.165) is 25.0 Å². The van der Waals surface area contributed by atoms with Gasteiger partial charge in [-0.2, -0.15) is 0 Å². The molecule has 1 rings (SSSR count). The largest absolute Gasteiger partial charge is 0.376 e. The maximum atomic E-state index is 11.9. The average Bonchev–Trinajstić information content (AvgIpc) is 2.97. The summed E-state index contributed by atoms with van der Waals surface area (Å²) in [5, 5.41) is 2.97. The van der Waals surface area contributed by atoms with Crippen LogP contribution in [0.15, 0.2) is 18.3 Å². The van der Waals surface area contributed by atoms with Crippen molar-refractivity contribution in [2.45, 2.75) is 71.5 Å². The molecule has 0 aliphatic heterocycles. The van der Waals surface area contributed by atoms with Crippen LogP contribution in [0, 0.1) is 0 Å². The lowest BCUT2D eigenvalue weighted by Crippen LogP contribution is -2.34. The van der Waals surface area contributed by atoms with E-state index in [-0.39, 0.29) is 17.1 Å². The fourth-order valence-electron chi connectivity index (χ4n) is 2.47. The number of aryl methyl sites for hydroxylation is 1. The highest BCUT2D eigenvalue weighted by Crippen LogP contribution is 2.19.